The van der Waals surface area contributed by atoms with Crippen LogP contribution in [0.15, 0.2) is 12.4 Å². The highest BCUT2D eigenvalue weighted by Crippen LogP contribution is 2.11. The molecular weight excluding hydrogens is 248 g/mol. The molecule has 1 N–H and O–H groups in total. The van der Waals surface area contributed by atoms with Gasteiger partial charge < -0.3 is 19.7 Å². The van der Waals surface area contributed by atoms with E-state index in [2.05, 4.69) is 10.4 Å². The Hall–Kier alpha value is -1.60. The van der Waals surface area contributed by atoms with E-state index in [9.17, 15) is 4.79 Å². The van der Waals surface area contributed by atoms with Gasteiger partial charge in [0.05, 0.1) is 44.3 Å². The first-order chi connectivity index (χ1) is 9.20. The van der Waals surface area contributed by atoms with E-state index in [1.807, 2.05) is 6.92 Å². The molecule has 0 aliphatic carbocycles. The van der Waals surface area contributed by atoms with Crippen molar-refractivity contribution < 1.29 is 14.3 Å². The minimum absolute atomic E-state index is 0.0947. The molecule has 1 aromatic rings. The second-order valence-electron chi connectivity index (χ2n) is 4.53. The van der Waals surface area contributed by atoms with Gasteiger partial charge in [-0.15, -0.1) is 0 Å². The zero-order chi connectivity index (χ0) is 13.7. The highest BCUT2D eigenvalue weighted by molar-refractivity contribution is 5.89. The zero-order valence-corrected chi connectivity index (χ0v) is 11.3. The van der Waals surface area contributed by atoms with E-state index in [0.717, 1.165) is 0 Å². The molecule has 1 atom stereocenters. The van der Waals surface area contributed by atoms with Crippen LogP contribution in [0.1, 0.15) is 6.92 Å². The fourth-order valence-corrected chi connectivity index (χ4v) is 1.96. The molecule has 7 nitrogen and oxygen atoms in total. The molecule has 1 aromatic heterocycles. The standard InChI is InChI=1S/C12H20N4O3/c1-10-9-19-6-4-16(10)12(17)14-11-7-13-15(8-11)3-5-18-2/h7-8,10H,3-6,9H2,1-2H3,(H,14,17)/t10-/m1/s1. The molecule has 106 valence electrons. The zero-order valence-electron chi connectivity index (χ0n) is 11.3. The average Bonchev–Trinajstić information content (AvgIpc) is 2.84. The van der Waals surface area contributed by atoms with Crippen molar-refractivity contribution in [1.29, 1.82) is 0 Å². The van der Waals surface area contributed by atoms with Crippen LogP contribution in [0.3, 0.4) is 0 Å². The van der Waals surface area contributed by atoms with E-state index >= 15 is 0 Å². The van der Waals surface area contributed by atoms with Crippen LogP contribution in [0.4, 0.5) is 10.5 Å². The molecule has 1 aliphatic heterocycles. The number of hydrogen-bond donors (Lipinski definition) is 1. The Morgan fingerprint density at radius 3 is 3.26 bits per heavy atom. The van der Waals surface area contributed by atoms with Crippen LogP contribution >= 0.6 is 0 Å². The van der Waals surface area contributed by atoms with E-state index in [-0.39, 0.29) is 12.1 Å². The highest BCUT2D eigenvalue weighted by Gasteiger charge is 2.23. The van der Waals surface area contributed by atoms with Crippen LogP contribution in [0.5, 0.6) is 0 Å². The van der Waals surface area contributed by atoms with Crippen LogP contribution in [-0.2, 0) is 16.0 Å². The van der Waals surface area contributed by atoms with Gasteiger partial charge in [-0.1, -0.05) is 0 Å². The molecule has 0 radical (unpaired) electrons. The Balaban J connectivity index is 1.89. The van der Waals surface area contributed by atoms with Gasteiger partial charge in [0.1, 0.15) is 0 Å². The number of nitrogens with one attached hydrogen (secondary N) is 1. The quantitative estimate of drug-likeness (QED) is 0.876. The summed E-state index contributed by atoms with van der Waals surface area (Å²) in [4.78, 5) is 13.9. The normalized spacial score (nSPS) is 19.5. The minimum Gasteiger partial charge on any atom is -0.383 e. The molecule has 0 unspecified atom stereocenters. The van der Waals surface area contributed by atoms with Crippen molar-refractivity contribution >= 4 is 11.7 Å². The molecule has 0 spiro atoms. The molecule has 19 heavy (non-hydrogen) atoms. The Bertz CT molecular complexity index is 421. The minimum atomic E-state index is -0.109. The lowest BCUT2D eigenvalue weighted by molar-refractivity contribution is 0.0222. The van der Waals surface area contributed by atoms with E-state index in [4.69, 9.17) is 9.47 Å². The lowest BCUT2D eigenvalue weighted by Gasteiger charge is -2.33. The van der Waals surface area contributed by atoms with Gasteiger partial charge >= 0.3 is 6.03 Å². The number of anilines is 1. The third-order valence-corrected chi connectivity index (χ3v) is 3.04. The lowest BCUT2D eigenvalue weighted by atomic mass is 10.3. The molecule has 0 aromatic carbocycles. The van der Waals surface area contributed by atoms with Crippen molar-refractivity contribution in [3.63, 3.8) is 0 Å². The van der Waals surface area contributed by atoms with E-state index in [1.54, 1.807) is 29.1 Å². The summed E-state index contributed by atoms with van der Waals surface area (Å²) in [5, 5.41) is 7.00. The summed E-state index contributed by atoms with van der Waals surface area (Å²) >= 11 is 0. The van der Waals surface area contributed by atoms with Crippen molar-refractivity contribution in [3.8, 4) is 0 Å². The van der Waals surface area contributed by atoms with Crippen LogP contribution < -0.4 is 5.32 Å². The molecule has 2 rings (SSSR count). The van der Waals surface area contributed by atoms with Crippen molar-refractivity contribution in [2.75, 3.05) is 38.8 Å². The van der Waals surface area contributed by atoms with Gasteiger partial charge in [0.2, 0.25) is 0 Å². The second-order valence-corrected chi connectivity index (χ2v) is 4.53. The van der Waals surface area contributed by atoms with Crippen molar-refractivity contribution in [2.24, 2.45) is 0 Å². The summed E-state index contributed by atoms with van der Waals surface area (Å²) in [7, 11) is 1.64. The average molecular weight is 268 g/mol. The second kappa shape index (κ2) is 6.53. The number of ether oxygens (including phenoxy) is 2. The summed E-state index contributed by atoms with van der Waals surface area (Å²) in [6.45, 7) is 5.02. The Kier molecular flexibility index (Phi) is 4.75. The number of aromatic nitrogens is 2. The van der Waals surface area contributed by atoms with E-state index < -0.39 is 0 Å². The number of rotatable bonds is 4. The number of nitrogens with zero attached hydrogens (tertiary/aromatic N) is 3. The molecule has 0 saturated carbocycles. The molecule has 1 fully saturated rings. The molecule has 0 bridgehead atoms. The van der Waals surface area contributed by atoms with Gasteiger partial charge in [-0.3, -0.25) is 4.68 Å². The fourth-order valence-electron chi connectivity index (χ4n) is 1.96. The number of amides is 2. The summed E-state index contributed by atoms with van der Waals surface area (Å²) in [5.74, 6) is 0. The number of hydrogen-bond acceptors (Lipinski definition) is 4. The van der Waals surface area contributed by atoms with Crippen LogP contribution in [0.2, 0.25) is 0 Å². The van der Waals surface area contributed by atoms with Gasteiger partial charge in [-0.2, -0.15) is 5.10 Å². The predicted octanol–water partition coefficient (Wildman–Crippen LogP) is 0.782. The van der Waals surface area contributed by atoms with Crippen molar-refractivity contribution in [3.05, 3.63) is 12.4 Å². The Morgan fingerprint density at radius 2 is 2.53 bits per heavy atom. The van der Waals surface area contributed by atoms with Gasteiger partial charge in [0.25, 0.3) is 0 Å². The van der Waals surface area contributed by atoms with Crippen LogP contribution in [-0.4, -0.2) is 60.2 Å². The lowest BCUT2D eigenvalue weighted by Crippen LogP contribution is -2.48. The van der Waals surface area contributed by atoms with Crippen LogP contribution in [0, 0.1) is 0 Å². The maximum absolute atomic E-state index is 12.1. The third kappa shape index (κ3) is 3.68. The predicted molar refractivity (Wildman–Crippen MR) is 70.1 cm³/mol. The van der Waals surface area contributed by atoms with E-state index in [1.165, 1.54) is 0 Å². The molecule has 2 heterocycles. The Labute approximate surface area is 112 Å². The van der Waals surface area contributed by atoms with Gasteiger partial charge in [0.15, 0.2) is 0 Å². The highest BCUT2D eigenvalue weighted by atomic mass is 16.5. The first-order valence-electron chi connectivity index (χ1n) is 6.37. The van der Waals surface area contributed by atoms with Gasteiger partial charge in [0, 0.05) is 19.9 Å². The van der Waals surface area contributed by atoms with Gasteiger partial charge in [-0.25, -0.2) is 4.79 Å². The molecule has 1 saturated heterocycles. The summed E-state index contributed by atoms with van der Waals surface area (Å²) < 4.78 is 12.0. The maximum Gasteiger partial charge on any atom is 0.322 e. The monoisotopic (exact) mass is 268 g/mol. The van der Waals surface area contributed by atoms with Crippen molar-refractivity contribution in [1.82, 2.24) is 14.7 Å². The number of morpholine rings is 1. The number of carbonyl (C=O) groups excluding carboxylic acids is 1. The molecule has 2 amide bonds. The summed E-state index contributed by atoms with van der Waals surface area (Å²) in [6, 6.07) is -0.0145. The third-order valence-electron chi connectivity index (χ3n) is 3.04. The van der Waals surface area contributed by atoms with E-state index in [0.29, 0.717) is 38.6 Å². The van der Waals surface area contributed by atoms with Crippen molar-refractivity contribution in [2.45, 2.75) is 19.5 Å². The summed E-state index contributed by atoms with van der Waals surface area (Å²) in [5.41, 5.74) is 0.694. The number of carbonyl (C=O) groups is 1. The molecule has 1 aliphatic rings. The molecular formula is C12H20N4O3. The maximum atomic E-state index is 12.1. The molecule has 7 heteroatoms. The first-order valence-corrected chi connectivity index (χ1v) is 6.37. The van der Waals surface area contributed by atoms with Crippen LogP contribution in [0.25, 0.3) is 0 Å². The fraction of sp³-hybridized carbons (Fsp3) is 0.667. The number of urea groups is 1. The topological polar surface area (TPSA) is 68.6 Å². The SMILES string of the molecule is COCCn1cc(NC(=O)N2CCOC[C@H]2C)cn1. The van der Waals surface area contributed by atoms with Gasteiger partial charge in [-0.05, 0) is 6.92 Å². The summed E-state index contributed by atoms with van der Waals surface area (Å²) in [6.07, 6.45) is 3.43. The first kappa shape index (κ1) is 13.8. The Morgan fingerprint density at radius 1 is 1.68 bits per heavy atom. The smallest absolute Gasteiger partial charge is 0.322 e. The number of methoxy groups -OCH3 is 1. The largest absolute Gasteiger partial charge is 0.383 e.